The van der Waals surface area contributed by atoms with E-state index in [9.17, 15) is 4.79 Å². The summed E-state index contributed by atoms with van der Waals surface area (Å²) in [4.78, 5) is 13.8. The first-order chi connectivity index (χ1) is 8.19. The van der Waals surface area contributed by atoms with Crippen molar-refractivity contribution in [3.8, 4) is 5.75 Å². The van der Waals surface area contributed by atoms with Gasteiger partial charge in [-0.2, -0.15) is 0 Å². The van der Waals surface area contributed by atoms with E-state index in [4.69, 9.17) is 10.5 Å². The molecule has 2 N–H and O–H groups in total. The lowest BCUT2D eigenvalue weighted by molar-refractivity contribution is -0.129. The molecule has 0 saturated carbocycles. The normalized spacial score (nSPS) is 19.4. The van der Waals surface area contributed by atoms with Crippen molar-refractivity contribution in [1.29, 1.82) is 0 Å². The van der Waals surface area contributed by atoms with Gasteiger partial charge in [-0.15, -0.1) is 0 Å². The van der Waals surface area contributed by atoms with E-state index < -0.39 is 0 Å². The minimum absolute atomic E-state index is 0.143. The van der Waals surface area contributed by atoms with Crippen molar-refractivity contribution in [3.05, 3.63) is 29.8 Å². The lowest BCUT2D eigenvalue weighted by atomic mass is 10.1. The number of hydrogen-bond donors (Lipinski definition) is 1. The van der Waals surface area contributed by atoms with Gasteiger partial charge in [-0.25, -0.2) is 0 Å². The van der Waals surface area contributed by atoms with E-state index in [-0.39, 0.29) is 11.9 Å². The Labute approximate surface area is 101 Å². The highest BCUT2D eigenvalue weighted by Gasteiger charge is 2.23. The molecule has 0 aromatic heterocycles. The van der Waals surface area contributed by atoms with Gasteiger partial charge < -0.3 is 15.4 Å². The van der Waals surface area contributed by atoms with E-state index in [1.165, 1.54) is 0 Å². The zero-order valence-corrected chi connectivity index (χ0v) is 10.1. The van der Waals surface area contributed by atoms with Crippen molar-refractivity contribution >= 4 is 5.91 Å². The van der Waals surface area contributed by atoms with Crippen molar-refractivity contribution in [2.75, 3.05) is 20.2 Å². The van der Waals surface area contributed by atoms with Crippen LogP contribution in [0.5, 0.6) is 5.75 Å². The molecule has 1 aromatic carbocycles. The predicted octanol–water partition coefficient (Wildman–Crippen LogP) is 0.797. The number of hydrogen-bond acceptors (Lipinski definition) is 3. The molecule has 0 bridgehead atoms. The number of methoxy groups -OCH3 is 1. The highest BCUT2D eigenvalue weighted by Crippen LogP contribution is 2.15. The van der Waals surface area contributed by atoms with E-state index >= 15 is 0 Å². The Bertz CT molecular complexity index is 406. The second-order valence-corrected chi connectivity index (χ2v) is 4.42. The van der Waals surface area contributed by atoms with E-state index in [0.717, 1.165) is 24.3 Å². The second-order valence-electron chi connectivity index (χ2n) is 4.42. The monoisotopic (exact) mass is 234 g/mol. The molecule has 0 aliphatic carbocycles. The number of likely N-dealkylation sites (tertiary alicyclic amines) is 1. The van der Waals surface area contributed by atoms with Gasteiger partial charge >= 0.3 is 0 Å². The van der Waals surface area contributed by atoms with Gasteiger partial charge in [-0.05, 0) is 24.1 Å². The third kappa shape index (κ3) is 2.97. The van der Waals surface area contributed by atoms with Gasteiger partial charge in [0.25, 0.3) is 0 Å². The summed E-state index contributed by atoms with van der Waals surface area (Å²) in [6, 6.07) is 7.76. The fraction of sp³-hybridized carbons (Fsp3) is 0.462. The smallest absolute Gasteiger partial charge is 0.227 e. The molecule has 4 nitrogen and oxygen atoms in total. The second kappa shape index (κ2) is 5.19. The van der Waals surface area contributed by atoms with Crippen LogP contribution in [-0.2, 0) is 11.2 Å². The molecule has 1 heterocycles. The van der Waals surface area contributed by atoms with Crippen LogP contribution in [0.3, 0.4) is 0 Å². The highest BCUT2D eigenvalue weighted by molar-refractivity contribution is 5.79. The molecule has 1 amide bonds. The number of carbonyl (C=O) groups is 1. The Kier molecular flexibility index (Phi) is 3.64. The van der Waals surface area contributed by atoms with Crippen LogP contribution in [0.2, 0.25) is 0 Å². The number of carbonyl (C=O) groups excluding carboxylic acids is 1. The van der Waals surface area contributed by atoms with E-state index in [1.54, 1.807) is 7.11 Å². The standard InChI is InChI=1S/C13H18N2O2/c1-17-12-4-2-3-10(7-12)8-13(16)15-6-5-11(14)9-15/h2-4,7,11H,5-6,8-9,14H2,1H3/t11-/m1/s1. The minimum atomic E-state index is 0.143. The molecule has 1 aromatic rings. The quantitative estimate of drug-likeness (QED) is 0.841. The Morgan fingerprint density at radius 2 is 2.41 bits per heavy atom. The predicted molar refractivity (Wildman–Crippen MR) is 65.9 cm³/mol. The molecule has 0 radical (unpaired) electrons. The van der Waals surface area contributed by atoms with Gasteiger partial charge in [0.05, 0.1) is 13.5 Å². The molecular formula is C13H18N2O2. The molecule has 17 heavy (non-hydrogen) atoms. The maximum atomic E-state index is 12.0. The zero-order chi connectivity index (χ0) is 12.3. The van der Waals surface area contributed by atoms with Gasteiger partial charge in [-0.3, -0.25) is 4.79 Å². The molecular weight excluding hydrogens is 216 g/mol. The third-order valence-corrected chi connectivity index (χ3v) is 3.07. The first kappa shape index (κ1) is 11.9. The van der Waals surface area contributed by atoms with E-state index in [0.29, 0.717) is 13.0 Å². The van der Waals surface area contributed by atoms with Gasteiger partial charge in [-0.1, -0.05) is 12.1 Å². The summed E-state index contributed by atoms with van der Waals surface area (Å²) in [5.74, 6) is 0.930. The average molecular weight is 234 g/mol. The van der Waals surface area contributed by atoms with Crippen molar-refractivity contribution in [2.45, 2.75) is 18.9 Å². The molecule has 1 atom stereocenters. The highest BCUT2D eigenvalue weighted by atomic mass is 16.5. The molecule has 4 heteroatoms. The number of ether oxygens (including phenoxy) is 1. The van der Waals surface area contributed by atoms with E-state index in [1.807, 2.05) is 29.2 Å². The maximum Gasteiger partial charge on any atom is 0.227 e. The van der Waals surface area contributed by atoms with Crippen LogP contribution >= 0.6 is 0 Å². The number of nitrogens with two attached hydrogens (primary N) is 1. The lowest BCUT2D eigenvalue weighted by Crippen LogP contribution is -2.32. The van der Waals surface area contributed by atoms with Crippen LogP contribution in [0, 0.1) is 0 Å². The van der Waals surface area contributed by atoms with Crippen molar-refractivity contribution in [2.24, 2.45) is 5.73 Å². The number of benzene rings is 1. The number of amides is 1. The minimum Gasteiger partial charge on any atom is -0.497 e. The number of rotatable bonds is 3. The SMILES string of the molecule is COc1cccc(CC(=O)N2CC[C@@H](N)C2)c1. The lowest BCUT2D eigenvalue weighted by Gasteiger charge is -2.15. The zero-order valence-electron chi connectivity index (χ0n) is 10.1. The molecule has 0 unspecified atom stereocenters. The fourth-order valence-corrected chi connectivity index (χ4v) is 2.08. The van der Waals surface area contributed by atoms with Gasteiger partial charge in [0.1, 0.15) is 5.75 Å². The summed E-state index contributed by atoms with van der Waals surface area (Å²) in [5, 5.41) is 0. The number of nitrogens with zero attached hydrogens (tertiary/aromatic N) is 1. The van der Waals surface area contributed by atoms with Crippen molar-refractivity contribution in [3.63, 3.8) is 0 Å². The van der Waals surface area contributed by atoms with E-state index in [2.05, 4.69) is 0 Å². The molecule has 2 rings (SSSR count). The van der Waals surface area contributed by atoms with Crippen LogP contribution in [0.4, 0.5) is 0 Å². The van der Waals surface area contributed by atoms with Gasteiger partial charge in [0.15, 0.2) is 0 Å². The summed E-state index contributed by atoms with van der Waals surface area (Å²) in [6.07, 6.45) is 1.33. The van der Waals surface area contributed by atoms with Crippen LogP contribution < -0.4 is 10.5 Å². The summed E-state index contributed by atoms with van der Waals surface area (Å²) in [6.45, 7) is 1.47. The third-order valence-electron chi connectivity index (χ3n) is 3.07. The average Bonchev–Trinajstić information content (AvgIpc) is 2.76. The summed E-state index contributed by atoms with van der Waals surface area (Å²) in [7, 11) is 1.63. The van der Waals surface area contributed by atoms with Crippen LogP contribution in [0.15, 0.2) is 24.3 Å². The maximum absolute atomic E-state index is 12.0. The van der Waals surface area contributed by atoms with Crippen LogP contribution in [0.1, 0.15) is 12.0 Å². The first-order valence-corrected chi connectivity index (χ1v) is 5.85. The molecule has 1 aliphatic rings. The van der Waals surface area contributed by atoms with Crippen LogP contribution in [0.25, 0.3) is 0 Å². The summed E-state index contributed by atoms with van der Waals surface area (Å²) >= 11 is 0. The summed E-state index contributed by atoms with van der Waals surface area (Å²) < 4.78 is 5.13. The molecule has 0 spiro atoms. The molecule has 1 aliphatic heterocycles. The Hall–Kier alpha value is -1.55. The van der Waals surface area contributed by atoms with Crippen molar-refractivity contribution < 1.29 is 9.53 Å². The van der Waals surface area contributed by atoms with Gasteiger partial charge in [0, 0.05) is 19.1 Å². The Balaban J connectivity index is 1.98. The van der Waals surface area contributed by atoms with Crippen molar-refractivity contribution in [1.82, 2.24) is 4.90 Å². The molecule has 1 fully saturated rings. The Morgan fingerprint density at radius 3 is 3.06 bits per heavy atom. The Morgan fingerprint density at radius 1 is 1.59 bits per heavy atom. The molecule has 1 saturated heterocycles. The summed E-state index contributed by atoms with van der Waals surface area (Å²) in [5.41, 5.74) is 6.77. The topological polar surface area (TPSA) is 55.6 Å². The molecule has 92 valence electrons. The van der Waals surface area contributed by atoms with Gasteiger partial charge in [0.2, 0.25) is 5.91 Å². The fourth-order valence-electron chi connectivity index (χ4n) is 2.08. The largest absolute Gasteiger partial charge is 0.497 e. The van der Waals surface area contributed by atoms with Crippen LogP contribution in [-0.4, -0.2) is 37.0 Å². The first-order valence-electron chi connectivity index (χ1n) is 5.85.